The van der Waals surface area contributed by atoms with Crippen molar-refractivity contribution in [2.45, 2.75) is 25.7 Å². The first kappa shape index (κ1) is 23.7. The topological polar surface area (TPSA) is 36.4 Å². The van der Waals surface area contributed by atoms with Gasteiger partial charge >= 0.3 is 0 Å². The predicted molar refractivity (Wildman–Crippen MR) is 129 cm³/mol. The van der Waals surface area contributed by atoms with Crippen LogP contribution >= 0.6 is 35.5 Å². The number of amides is 1. The number of thiazole rings is 1. The Morgan fingerprint density at radius 2 is 1.79 bits per heavy atom. The Bertz CT molecular complexity index is 956. The van der Waals surface area contributed by atoms with Crippen LogP contribution in [0.5, 0.6) is 0 Å². The molecule has 1 amide bonds. The fourth-order valence-electron chi connectivity index (χ4n) is 3.22. The molecule has 0 aliphatic carbocycles. The van der Waals surface area contributed by atoms with E-state index in [0.717, 1.165) is 51.0 Å². The molecule has 0 spiro atoms. The molecule has 0 fully saturated rings. The molecule has 3 rings (SSSR count). The second kappa shape index (κ2) is 11.0. The third-order valence-corrected chi connectivity index (χ3v) is 6.80. The summed E-state index contributed by atoms with van der Waals surface area (Å²) in [4.78, 5) is 23.6. The molecule has 156 valence electrons. The average Bonchev–Trinajstić information content (AvgIpc) is 3.16. The Morgan fingerprint density at radius 3 is 2.45 bits per heavy atom. The molecule has 1 heterocycles. The number of nitrogens with zero attached hydrogens (tertiary/aromatic N) is 3. The van der Waals surface area contributed by atoms with E-state index in [1.54, 1.807) is 23.1 Å². The van der Waals surface area contributed by atoms with Crippen LogP contribution in [0.15, 0.2) is 47.4 Å². The molecule has 29 heavy (non-hydrogen) atoms. The van der Waals surface area contributed by atoms with Crippen molar-refractivity contribution in [1.29, 1.82) is 0 Å². The number of benzene rings is 2. The van der Waals surface area contributed by atoms with E-state index in [4.69, 9.17) is 4.98 Å². The number of anilines is 1. The summed E-state index contributed by atoms with van der Waals surface area (Å²) in [5, 5.41) is 0.775. The van der Waals surface area contributed by atoms with Crippen LogP contribution in [0.4, 0.5) is 5.13 Å². The Hall–Kier alpha value is -1.60. The first-order chi connectivity index (χ1) is 13.6. The number of hydrogen-bond acceptors (Lipinski definition) is 5. The molecule has 0 aliphatic rings. The lowest BCUT2D eigenvalue weighted by Gasteiger charge is -2.25. The normalized spacial score (nSPS) is 10.9. The SMILES string of the molecule is CCN(CC)CCN(C(=O)c1ccccc1SC)c1nc2c(C)cccc2s1.Cl. The minimum absolute atomic E-state index is 0. The van der Waals surface area contributed by atoms with E-state index in [9.17, 15) is 4.79 Å². The van der Waals surface area contributed by atoms with Crippen LogP contribution in [0.2, 0.25) is 0 Å². The van der Waals surface area contributed by atoms with Crippen LogP contribution in [0.25, 0.3) is 10.2 Å². The van der Waals surface area contributed by atoms with Gasteiger partial charge < -0.3 is 4.90 Å². The maximum Gasteiger partial charge on any atom is 0.261 e. The van der Waals surface area contributed by atoms with Crippen LogP contribution in [0.1, 0.15) is 29.8 Å². The fourth-order valence-corrected chi connectivity index (χ4v) is 4.88. The average molecular weight is 450 g/mol. The minimum Gasteiger partial charge on any atom is -0.302 e. The highest BCUT2D eigenvalue weighted by Crippen LogP contribution is 2.32. The van der Waals surface area contributed by atoms with E-state index in [1.807, 2.05) is 41.5 Å². The zero-order chi connectivity index (χ0) is 20.1. The standard InChI is InChI=1S/C22H27N3OS2.ClH/c1-5-24(6-2)14-15-25(21(26)17-11-7-8-12-18(17)27-4)22-23-20-16(3)10-9-13-19(20)28-22;/h7-13H,5-6,14-15H2,1-4H3;1H. The summed E-state index contributed by atoms with van der Waals surface area (Å²) in [5.41, 5.74) is 2.87. The summed E-state index contributed by atoms with van der Waals surface area (Å²) in [7, 11) is 0. The van der Waals surface area contributed by atoms with E-state index in [1.165, 1.54) is 0 Å². The first-order valence-corrected chi connectivity index (χ1v) is 11.7. The number of aryl methyl sites for hydroxylation is 1. The molecule has 1 aromatic heterocycles. The molecule has 3 aromatic rings. The highest BCUT2D eigenvalue weighted by Gasteiger charge is 2.24. The van der Waals surface area contributed by atoms with Gasteiger partial charge in [-0.1, -0.05) is 49.4 Å². The molecule has 0 aliphatic heterocycles. The van der Waals surface area contributed by atoms with Gasteiger partial charge in [0.05, 0.1) is 15.8 Å². The van der Waals surface area contributed by atoms with Crippen LogP contribution in [0, 0.1) is 6.92 Å². The molecule has 2 aromatic carbocycles. The third-order valence-electron chi connectivity index (χ3n) is 4.96. The Kier molecular flexibility index (Phi) is 8.96. The van der Waals surface area contributed by atoms with Crippen LogP contribution < -0.4 is 4.90 Å². The number of fused-ring (bicyclic) bond motifs is 1. The van der Waals surface area contributed by atoms with E-state index in [0.29, 0.717) is 6.54 Å². The van der Waals surface area contributed by atoms with E-state index >= 15 is 0 Å². The molecule has 0 N–H and O–H groups in total. The van der Waals surface area contributed by atoms with Crippen molar-refractivity contribution in [3.05, 3.63) is 53.6 Å². The highest BCUT2D eigenvalue weighted by atomic mass is 35.5. The van der Waals surface area contributed by atoms with Gasteiger partial charge in [-0.3, -0.25) is 9.69 Å². The zero-order valence-electron chi connectivity index (χ0n) is 17.3. The molecule has 0 unspecified atom stereocenters. The summed E-state index contributed by atoms with van der Waals surface area (Å²) in [6.07, 6.45) is 2.01. The maximum absolute atomic E-state index is 13.5. The molecule has 4 nitrogen and oxygen atoms in total. The molecule has 7 heteroatoms. The van der Waals surface area contributed by atoms with Crippen molar-refractivity contribution < 1.29 is 4.79 Å². The van der Waals surface area contributed by atoms with Crippen molar-refractivity contribution in [2.75, 3.05) is 37.3 Å². The lowest BCUT2D eigenvalue weighted by atomic mass is 10.2. The van der Waals surface area contributed by atoms with Crippen molar-refractivity contribution >= 4 is 56.8 Å². The van der Waals surface area contributed by atoms with Gasteiger partial charge in [0, 0.05) is 18.0 Å². The second-order valence-corrected chi connectivity index (χ2v) is 8.46. The Balaban J connectivity index is 0.00000300. The van der Waals surface area contributed by atoms with Gasteiger partial charge in [-0.2, -0.15) is 0 Å². The number of carbonyl (C=O) groups is 1. The second-order valence-electron chi connectivity index (χ2n) is 6.60. The van der Waals surface area contributed by atoms with Gasteiger partial charge in [0.1, 0.15) is 0 Å². The fraction of sp³-hybridized carbons (Fsp3) is 0.364. The van der Waals surface area contributed by atoms with Gasteiger partial charge in [0.2, 0.25) is 0 Å². The van der Waals surface area contributed by atoms with Gasteiger partial charge in [-0.15, -0.1) is 24.2 Å². The third kappa shape index (κ3) is 5.31. The van der Waals surface area contributed by atoms with Crippen molar-refractivity contribution in [2.24, 2.45) is 0 Å². The van der Waals surface area contributed by atoms with E-state index in [2.05, 4.69) is 37.8 Å². The van der Waals surface area contributed by atoms with Crippen molar-refractivity contribution in [3.8, 4) is 0 Å². The van der Waals surface area contributed by atoms with E-state index in [-0.39, 0.29) is 18.3 Å². The molecule has 0 radical (unpaired) electrons. The first-order valence-electron chi connectivity index (χ1n) is 9.62. The number of likely N-dealkylation sites (N-methyl/N-ethyl adjacent to an activating group) is 1. The largest absolute Gasteiger partial charge is 0.302 e. The zero-order valence-corrected chi connectivity index (χ0v) is 19.8. The summed E-state index contributed by atoms with van der Waals surface area (Å²) >= 11 is 3.19. The number of carbonyl (C=O) groups excluding carboxylic acids is 1. The van der Waals surface area contributed by atoms with Gasteiger partial charge in [-0.25, -0.2) is 4.98 Å². The van der Waals surface area contributed by atoms with Crippen molar-refractivity contribution in [1.82, 2.24) is 9.88 Å². The van der Waals surface area contributed by atoms with Crippen LogP contribution in [0.3, 0.4) is 0 Å². The molecule has 0 atom stereocenters. The minimum atomic E-state index is 0. The lowest BCUT2D eigenvalue weighted by Crippen LogP contribution is -2.39. The number of halogens is 1. The predicted octanol–water partition coefficient (Wildman–Crippen LogP) is 5.74. The van der Waals surface area contributed by atoms with Crippen molar-refractivity contribution in [3.63, 3.8) is 0 Å². The monoisotopic (exact) mass is 449 g/mol. The quantitative estimate of drug-likeness (QED) is 0.411. The molecular weight excluding hydrogens is 422 g/mol. The smallest absolute Gasteiger partial charge is 0.261 e. The van der Waals surface area contributed by atoms with Gasteiger partial charge in [-0.05, 0) is 50.0 Å². The Labute approximate surface area is 187 Å². The molecular formula is C22H28ClN3OS2. The maximum atomic E-state index is 13.5. The highest BCUT2D eigenvalue weighted by molar-refractivity contribution is 7.98. The molecule has 0 saturated carbocycles. The number of para-hydroxylation sites is 1. The summed E-state index contributed by atoms with van der Waals surface area (Å²) in [6.45, 7) is 9.77. The lowest BCUT2D eigenvalue weighted by molar-refractivity contribution is 0.0981. The summed E-state index contributed by atoms with van der Waals surface area (Å²) < 4.78 is 1.12. The number of thioether (sulfide) groups is 1. The Morgan fingerprint density at radius 1 is 1.07 bits per heavy atom. The van der Waals surface area contributed by atoms with Crippen LogP contribution in [-0.2, 0) is 0 Å². The van der Waals surface area contributed by atoms with Gasteiger partial charge in [0.25, 0.3) is 5.91 Å². The molecule has 0 saturated heterocycles. The van der Waals surface area contributed by atoms with Gasteiger partial charge in [0.15, 0.2) is 5.13 Å². The number of rotatable bonds is 8. The number of aromatic nitrogens is 1. The summed E-state index contributed by atoms with van der Waals surface area (Å²) in [5.74, 6) is 0.0221. The number of hydrogen-bond donors (Lipinski definition) is 0. The van der Waals surface area contributed by atoms with E-state index < -0.39 is 0 Å². The summed E-state index contributed by atoms with van der Waals surface area (Å²) in [6, 6.07) is 14.0. The van der Waals surface area contributed by atoms with Crippen LogP contribution in [-0.4, -0.2) is 48.2 Å². The molecule has 0 bridgehead atoms.